The number of pyridine rings is 4. The molecule has 0 bridgehead atoms. The summed E-state index contributed by atoms with van der Waals surface area (Å²) in [7, 11) is 2.02. The third-order valence-electron chi connectivity index (χ3n) is 5.59. The van der Waals surface area contributed by atoms with E-state index in [0.717, 1.165) is 40.2 Å². The minimum atomic E-state index is 0.972. The van der Waals surface area contributed by atoms with Crippen molar-refractivity contribution < 1.29 is 9.13 Å². The standard InChI is InChI=1S/C27H30N4/c1-3-4-5-6-17-31-20-13-23(14-21-31)27-25(10-8-16-29-27)24-9-7-15-28-26(24)22-11-18-30(2)19-12-22/h7-16,18-21H,3-6,17H2,1-2H3/q+2. The minimum absolute atomic E-state index is 0.972. The van der Waals surface area contributed by atoms with E-state index in [1.54, 1.807) is 0 Å². The van der Waals surface area contributed by atoms with Gasteiger partial charge in [-0.2, -0.15) is 0 Å². The number of nitrogens with zero attached hydrogens (tertiary/aromatic N) is 4. The second-order valence-electron chi connectivity index (χ2n) is 7.94. The zero-order valence-corrected chi connectivity index (χ0v) is 18.4. The summed E-state index contributed by atoms with van der Waals surface area (Å²) in [5, 5.41) is 0. The molecule has 0 saturated carbocycles. The van der Waals surface area contributed by atoms with Gasteiger partial charge in [0.1, 0.15) is 13.6 Å². The average Bonchev–Trinajstić information content (AvgIpc) is 2.83. The van der Waals surface area contributed by atoms with Crippen LogP contribution < -0.4 is 9.13 Å². The molecule has 0 aliphatic rings. The summed E-state index contributed by atoms with van der Waals surface area (Å²) < 4.78 is 4.30. The van der Waals surface area contributed by atoms with Gasteiger partial charge in [-0.25, -0.2) is 9.13 Å². The number of aryl methyl sites for hydroxylation is 2. The van der Waals surface area contributed by atoms with Crippen LogP contribution in [-0.4, -0.2) is 9.97 Å². The Balaban J connectivity index is 1.67. The van der Waals surface area contributed by atoms with Crippen molar-refractivity contribution in [3.05, 3.63) is 85.7 Å². The van der Waals surface area contributed by atoms with E-state index in [9.17, 15) is 0 Å². The molecular formula is C27H30N4+2. The Kier molecular flexibility index (Phi) is 6.78. The fourth-order valence-corrected chi connectivity index (χ4v) is 3.85. The van der Waals surface area contributed by atoms with E-state index in [0.29, 0.717) is 0 Å². The molecule has 0 N–H and O–H groups in total. The highest BCUT2D eigenvalue weighted by Gasteiger charge is 2.15. The van der Waals surface area contributed by atoms with Crippen LogP contribution in [0.1, 0.15) is 32.6 Å². The Hall–Kier alpha value is -3.40. The normalized spacial score (nSPS) is 10.9. The highest BCUT2D eigenvalue weighted by atomic mass is 14.9. The Morgan fingerprint density at radius 3 is 1.77 bits per heavy atom. The Morgan fingerprint density at radius 1 is 0.677 bits per heavy atom. The summed E-state index contributed by atoms with van der Waals surface area (Å²) in [6.07, 6.45) is 17.2. The van der Waals surface area contributed by atoms with E-state index in [1.807, 2.05) is 36.1 Å². The third kappa shape index (κ3) is 5.02. The number of unbranched alkanes of at least 4 members (excludes halogenated alkanes) is 3. The SMILES string of the molecule is CCCCCC[n+]1ccc(-c2ncccc2-c2cccnc2-c2cc[n+](C)cc2)cc1. The van der Waals surface area contributed by atoms with Crippen molar-refractivity contribution in [2.75, 3.05) is 0 Å². The zero-order chi connectivity index (χ0) is 21.5. The van der Waals surface area contributed by atoms with Crippen molar-refractivity contribution in [3.63, 3.8) is 0 Å². The molecule has 0 fully saturated rings. The smallest absolute Gasteiger partial charge is 0.169 e. The molecule has 156 valence electrons. The van der Waals surface area contributed by atoms with Gasteiger partial charge in [-0.1, -0.05) is 31.9 Å². The van der Waals surface area contributed by atoms with Gasteiger partial charge >= 0.3 is 0 Å². The lowest BCUT2D eigenvalue weighted by atomic mass is 9.96. The minimum Gasteiger partial charge on any atom is -0.256 e. The zero-order valence-electron chi connectivity index (χ0n) is 18.4. The predicted molar refractivity (Wildman–Crippen MR) is 124 cm³/mol. The second-order valence-corrected chi connectivity index (χ2v) is 7.94. The maximum Gasteiger partial charge on any atom is 0.169 e. The van der Waals surface area contributed by atoms with Crippen LogP contribution in [0.3, 0.4) is 0 Å². The molecule has 4 aromatic heterocycles. The van der Waals surface area contributed by atoms with E-state index < -0.39 is 0 Å². The fourth-order valence-electron chi connectivity index (χ4n) is 3.85. The lowest BCUT2D eigenvalue weighted by molar-refractivity contribution is -0.697. The van der Waals surface area contributed by atoms with Crippen LogP contribution in [0.5, 0.6) is 0 Å². The largest absolute Gasteiger partial charge is 0.256 e. The Labute approximate surface area is 184 Å². The van der Waals surface area contributed by atoms with E-state index >= 15 is 0 Å². The summed E-state index contributed by atoms with van der Waals surface area (Å²) in [4.78, 5) is 9.46. The predicted octanol–water partition coefficient (Wildman–Crippen LogP) is 5.17. The Morgan fingerprint density at radius 2 is 1.23 bits per heavy atom. The fraction of sp³-hybridized carbons (Fsp3) is 0.259. The highest BCUT2D eigenvalue weighted by molar-refractivity contribution is 5.88. The molecule has 4 rings (SSSR count). The van der Waals surface area contributed by atoms with E-state index in [-0.39, 0.29) is 0 Å². The lowest BCUT2D eigenvalue weighted by Crippen LogP contribution is -2.32. The monoisotopic (exact) mass is 410 g/mol. The van der Waals surface area contributed by atoms with Gasteiger partial charge in [0.05, 0.1) is 11.4 Å². The summed E-state index contributed by atoms with van der Waals surface area (Å²) in [6, 6.07) is 16.8. The topological polar surface area (TPSA) is 33.5 Å². The molecule has 4 heterocycles. The van der Waals surface area contributed by atoms with Crippen molar-refractivity contribution >= 4 is 0 Å². The molecule has 31 heavy (non-hydrogen) atoms. The van der Waals surface area contributed by atoms with E-state index in [2.05, 4.69) is 72.7 Å². The summed E-state index contributed by atoms with van der Waals surface area (Å²) in [6.45, 7) is 3.31. The van der Waals surface area contributed by atoms with Crippen LogP contribution in [0.2, 0.25) is 0 Å². The van der Waals surface area contributed by atoms with Crippen LogP contribution in [0, 0.1) is 0 Å². The van der Waals surface area contributed by atoms with Crippen LogP contribution in [0.4, 0.5) is 0 Å². The van der Waals surface area contributed by atoms with E-state index in [1.165, 1.54) is 25.7 Å². The molecule has 0 radical (unpaired) electrons. The molecule has 0 aliphatic carbocycles. The van der Waals surface area contributed by atoms with E-state index in [4.69, 9.17) is 9.97 Å². The molecule has 0 aromatic carbocycles. The Bertz CT molecular complexity index is 1120. The molecule has 0 saturated heterocycles. The van der Waals surface area contributed by atoms with Crippen molar-refractivity contribution in [2.45, 2.75) is 39.2 Å². The van der Waals surface area contributed by atoms with Gasteiger partial charge in [-0.3, -0.25) is 9.97 Å². The lowest BCUT2D eigenvalue weighted by Gasteiger charge is -2.12. The van der Waals surface area contributed by atoms with Gasteiger partial charge in [-0.05, 0) is 18.6 Å². The maximum atomic E-state index is 4.75. The first-order valence-corrected chi connectivity index (χ1v) is 11.1. The van der Waals surface area contributed by atoms with Crippen LogP contribution in [0.15, 0.2) is 85.7 Å². The number of hydrogen-bond acceptors (Lipinski definition) is 2. The van der Waals surface area contributed by atoms with Crippen molar-refractivity contribution in [1.82, 2.24) is 9.97 Å². The first-order chi connectivity index (χ1) is 15.3. The number of hydrogen-bond donors (Lipinski definition) is 0. The number of rotatable bonds is 8. The van der Waals surface area contributed by atoms with Gasteiger partial charge in [0.25, 0.3) is 0 Å². The summed E-state index contributed by atoms with van der Waals surface area (Å²) in [5.41, 5.74) is 6.36. The maximum absolute atomic E-state index is 4.75. The van der Waals surface area contributed by atoms with Crippen molar-refractivity contribution in [2.24, 2.45) is 7.05 Å². The second kappa shape index (κ2) is 10.1. The molecular weight excluding hydrogens is 380 g/mol. The molecule has 0 amide bonds. The molecule has 0 aliphatic heterocycles. The highest BCUT2D eigenvalue weighted by Crippen LogP contribution is 2.35. The number of aromatic nitrogens is 4. The first-order valence-electron chi connectivity index (χ1n) is 11.1. The van der Waals surface area contributed by atoms with Crippen LogP contribution in [-0.2, 0) is 13.6 Å². The van der Waals surface area contributed by atoms with Gasteiger partial charge in [0, 0.05) is 65.3 Å². The molecule has 4 heteroatoms. The van der Waals surface area contributed by atoms with Gasteiger partial charge < -0.3 is 0 Å². The summed E-state index contributed by atoms with van der Waals surface area (Å²) >= 11 is 0. The average molecular weight is 411 g/mol. The van der Waals surface area contributed by atoms with Gasteiger partial charge in [-0.15, -0.1) is 0 Å². The summed E-state index contributed by atoms with van der Waals surface area (Å²) in [5.74, 6) is 0. The third-order valence-corrected chi connectivity index (χ3v) is 5.59. The molecule has 4 nitrogen and oxygen atoms in total. The first kappa shape index (κ1) is 20.9. The van der Waals surface area contributed by atoms with Crippen LogP contribution >= 0.6 is 0 Å². The van der Waals surface area contributed by atoms with Crippen LogP contribution in [0.25, 0.3) is 33.6 Å². The van der Waals surface area contributed by atoms with Gasteiger partial charge in [0.2, 0.25) is 0 Å². The molecule has 0 spiro atoms. The molecule has 0 atom stereocenters. The quantitative estimate of drug-likeness (QED) is 0.297. The van der Waals surface area contributed by atoms with Crippen molar-refractivity contribution in [1.29, 1.82) is 0 Å². The van der Waals surface area contributed by atoms with Crippen molar-refractivity contribution in [3.8, 4) is 33.6 Å². The molecule has 4 aromatic rings. The molecule has 0 unspecified atom stereocenters. The van der Waals surface area contributed by atoms with Gasteiger partial charge in [0.15, 0.2) is 24.8 Å².